The molecule has 98 valence electrons. The number of rotatable bonds is 3. The van der Waals surface area contributed by atoms with E-state index in [0.29, 0.717) is 11.3 Å². The summed E-state index contributed by atoms with van der Waals surface area (Å²) in [6, 6.07) is 9.73. The number of ketones is 1. The third-order valence-electron chi connectivity index (χ3n) is 2.73. The molecule has 0 atom stereocenters. The Labute approximate surface area is 112 Å². The number of nitrogens with zero attached hydrogens (tertiary/aromatic N) is 2. The van der Waals surface area contributed by atoms with Gasteiger partial charge in [0, 0.05) is 11.0 Å². The van der Waals surface area contributed by atoms with Crippen molar-refractivity contribution in [1.29, 1.82) is 0 Å². The van der Waals surface area contributed by atoms with Crippen molar-refractivity contribution in [2.45, 2.75) is 20.8 Å². The van der Waals surface area contributed by atoms with Gasteiger partial charge in [-0.05, 0) is 11.6 Å². The molecule has 0 aliphatic rings. The van der Waals surface area contributed by atoms with Crippen LogP contribution in [0.3, 0.4) is 0 Å². The molecule has 0 saturated heterocycles. The molecule has 19 heavy (non-hydrogen) atoms. The summed E-state index contributed by atoms with van der Waals surface area (Å²) >= 11 is 0. The molecule has 1 N–H and O–H groups in total. The fourth-order valence-corrected chi connectivity index (χ4v) is 1.71. The summed E-state index contributed by atoms with van der Waals surface area (Å²) in [6.07, 6.45) is 3.42. The van der Waals surface area contributed by atoms with Crippen molar-refractivity contribution in [2.24, 2.45) is 5.41 Å². The topological polar surface area (TPSA) is 58.6 Å². The highest BCUT2D eigenvalue weighted by Gasteiger charge is 2.27. The molecule has 0 aliphatic heterocycles. The molecule has 1 heterocycles. The minimum atomic E-state index is -0.459. The van der Waals surface area contributed by atoms with Crippen molar-refractivity contribution in [2.75, 3.05) is 0 Å². The molecular formula is C15H17N3O. The molecular weight excluding hydrogens is 238 g/mol. The van der Waals surface area contributed by atoms with Crippen LogP contribution in [0, 0.1) is 5.41 Å². The minimum Gasteiger partial charge on any atom is -0.294 e. The van der Waals surface area contributed by atoms with Gasteiger partial charge in [0.05, 0.1) is 6.20 Å². The average molecular weight is 255 g/mol. The van der Waals surface area contributed by atoms with Crippen LogP contribution < -0.4 is 0 Å². The lowest BCUT2D eigenvalue weighted by atomic mass is 9.84. The highest BCUT2D eigenvalue weighted by Crippen LogP contribution is 2.27. The van der Waals surface area contributed by atoms with Crippen molar-refractivity contribution in [1.82, 2.24) is 15.4 Å². The zero-order chi connectivity index (χ0) is 13.9. The molecule has 2 aromatic rings. The monoisotopic (exact) mass is 255 g/mol. The van der Waals surface area contributed by atoms with Crippen molar-refractivity contribution in [3.8, 4) is 0 Å². The summed E-state index contributed by atoms with van der Waals surface area (Å²) in [5.41, 5.74) is 1.66. The normalized spacial score (nSPS) is 12.5. The number of allylic oxidation sites excluding steroid dienone is 1. The first-order chi connectivity index (χ1) is 8.98. The average Bonchev–Trinajstić information content (AvgIpc) is 2.89. The molecule has 1 aromatic heterocycles. The molecule has 0 unspecified atom stereocenters. The van der Waals surface area contributed by atoms with E-state index in [1.807, 2.05) is 57.2 Å². The van der Waals surface area contributed by atoms with Crippen LogP contribution in [0.2, 0.25) is 0 Å². The number of Topliss-reactive ketones (excluding diaryl/α,β-unsaturated/α-hetero) is 1. The van der Waals surface area contributed by atoms with E-state index in [-0.39, 0.29) is 5.78 Å². The fourth-order valence-electron chi connectivity index (χ4n) is 1.71. The van der Waals surface area contributed by atoms with E-state index in [4.69, 9.17) is 0 Å². The summed E-state index contributed by atoms with van der Waals surface area (Å²) in [4.78, 5) is 12.5. The molecule has 0 fully saturated rings. The quantitative estimate of drug-likeness (QED) is 0.858. The first-order valence-electron chi connectivity index (χ1n) is 6.16. The molecule has 0 bridgehead atoms. The van der Waals surface area contributed by atoms with Crippen LogP contribution in [0.5, 0.6) is 0 Å². The van der Waals surface area contributed by atoms with E-state index in [0.717, 1.165) is 5.56 Å². The van der Waals surface area contributed by atoms with E-state index < -0.39 is 5.41 Å². The van der Waals surface area contributed by atoms with Crippen LogP contribution in [-0.2, 0) is 4.79 Å². The SMILES string of the molecule is CC(C)(C)C(=O)/C(=C/c1ccccc1)c1cn[nH]n1. The summed E-state index contributed by atoms with van der Waals surface area (Å²) in [6.45, 7) is 5.69. The molecule has 4 heteroatoms. The number of hydrogen-bond donors (Lipinski definition) is 1. The van der Waals surface area contributed by atoms with Gasteiger partial charge in [-0.15, -0.1) is 0 Å². The number of nitrogens with one attached hydrogen (secondary N) is 1. The molecule has 0 aliphatic carbocycles. The number of benzene rings is 1. The lowest BCUT2D eigenvalue weighted by Crippen LogP contribution is -2.21. The second-order valence-electron chi connectivity index (χ2n) is 5.40. The first kappa shape index (κ1) is 13.2. The predicted molar refractivity (Wildman–Crippen MR) is 75.2 cm³/mol. The smallest absolute Gasteiger partial charge is 0.170 e. The van der Waals surface area contributed by atoms with Crippen molar-refractivity contribution < 1.29 is 4.79 Å². The number of aromatic amines is 1. The Morgan fingerprint density at radius 2 is 1.89 bits per heavy atom. The minimum absolute atomic E-state index is 0.0465. The van der Waals surface area contributed by atoms with Crippen LogP contribution in [0.15, 0.2) is 36.5 Å². The number of aromatic nitrogens is 3. The van der Waals surface area contributed by atoms with Gasteiger partial charge in [-0.1, -0.05) is 51.1 Å². The first-order valence-corrected chi connectivity index (χ1v) is 6.16. The number of carbonyl (C=O) groups excluding carboxylic acids is 1. The molecule has 1 aromatic carbocycles. The Bertz CT molecular complexity index is 578. The molecule has 0 radical (unpaired) electrons. The molecule has 0 spiro atoms. The van der Waals surface area contributed by atoms with Gasteiger partial charge >= 0.3 is 0 Å². The highest BCUT2D eigenvalue weighted by molar-refractivity contribution is 6.26. The zero-order valence-electron chi connectivity index (χ0n) is 11.3. The maximum absolute atomic E-state index is 12.5. The maximum Gasteiger partial charge on any atom is 0.170 e. The Balaban J connectivity index is 2.47. The van der Waals surface area contributed by atoms with E-state index in [9.17, 15) is 4.79 Å². The Morgan fingerprint density at radius 3 is 2.42 bits per heavy atom. The largest absolute Gasteiger partial charge is 0.294 e. The van der Waals surface area contributed by atoms with Crippen LogP contribution in [-0.4, -0.2) is 21.2 Å². The van der Waals surface area contributed by atoms with Crippen LogP contribution in [0.4, 0.5) is 0 Å². The van der Waals surface area contributed by atoms with E-state index in [1.165, 1.54) is 0 Å². The number of hydrogen-bond acceptors (Lipinski definition) is 3. The van der Waals surface area contributed by atoms with Crippen molar-refractivity contribution in [3.05, 3.63) is 47.8 Å². The van der Waals surface area contributed by atoms with Gasteiger partial charge in [0.2, 0.25) is 0 Å². The highest BCUT2D eigenvalue weighted by atomic mass is 16.1. The van der Waals surface area contributed by atoms with Gasteiger partial charge in [-0.2, -0.15) is 15.4 Å². The molecule has 0 saturated carbocycles. The number of carbonyl (C=O) groups is 1. The second-order valence-corrected chi connectivity index (χ2v) is 5.40. The van der Waals surface area contributed by atoms with Gasteiger partial charge < -0.3 is 0 Å². The summed E-state index contributed by atoms with van der Waals surface area (Å²) in [5.74, 6) is 0.0465. The Hall–Kier alpha value is -2.23. The van der Waals surface area contributed by atoms with Gasteiger partial charge in [-0.3, -0.25) is 4.79 Å². The van der Waals surface area contributed by atoms with Gasteiger partial charge in [-0.25, -0.2) is 0 Å². The van der Waals surface area contributed by atoms with E-state index in [1.54, 1.807) is 6.20 Å². The van der Waals surface area contributed by atoms with Crippen molar-refractivity contribution in [3.63, 3.8) is 0 Å². The van der Waals surface area contributed by atoms with Gasteiger partial charge in [0.25, 0.3) is 0 Å². The van der Waals surface area contributed by atoms with Gasteiger partial charge in [0.1, 0.15) is 5.69 Å². The summed E-state index contributed by atoms with van der Waals surface area (Å²) < 4.78 is 0. The Kier molecular flexibility index (Phi) is 3.60. The predicted octanol–water partition coefficient (Wildman–Crippen LogP) is 2.96. The third-order valence-corrected chi connectivity index (χ3v) is 2.73. The van der Waals surface area contributed by atoms with Gasteiger partial charge in [0.15, 0.2) is 5.78 Å². The lowest BCUT2D eigenvalue weighted by molar-refractivity contribution is -0.120. The van der Waals surface area contributed by atoms with Crippen LogP contribution in [0.1, 0.15) is 32.0 Å². The number of H-pyrrole nitrogens is 1. The lowest BCUT2D eigenvalue weighted by Gasteiger charge is -2.17. The summed E-state index contributed by atoms with van der Waals surface area (Å²) in [5, 5.41) is 10.4. The standard InChI is InChI=1S/C15H17N3O/c1-15(2,3)14(19)12(13-10-16-18-17-13)9-11-7-5-4-6-8-11/h4-10H,1-3H3,(H,16,17,18)/b12-9+. The summed E-state index contributed by atoms with van der Waals surface area (Å²) in [7, 11) is 0. The zero-order valence-corrected chi connectivity index (χ0v) is 11.3. The molecule has 0 amide bonds. The van der Waals surface area contributed by atoms with Crippen molar-refractivity contribution >= 4 is 17.4 Å². The molecule has 2 rings (SSSR count). The third kappa shape index (κ3) is 3.16. The molecule has 4 nitrogen and oxygen atoms in total. The van der Waals surface area contributed by atoms with E-state index >= 15 is 0 Å². The van der Waals surface area contributed by atoms with Crippen LogP contribution in [0.25, 0.3) is 11.6 Å². The van der Waals surface area contributed by atoms with E-state index in [2.05, 4.69) is 15.4 Å². The second kappa shape index (κ2) is 5.18. The maximum atomic E-state index is 12.5. The Morgan fingerprint density at radius 1 is 1.21 bits per heavy atom. The van der Waals surface area contributed by atoms with Crippen LogP contribution >= 0.6 is 0 Å². The fraction of sp³-hybridized carbons (Fsp3) is 0.267.